The number of furan rings is 1. The molecule has 1 aromatic carbocycles. The Labute approximate surface area is 142 Å². The summed E-state index contributed by atoms with van der Waals surface area (Å²) in [4.78, 5) is 11.9. The Bertz CT molecular complexity index is 803. The number of nitrogens with one attached hydrogen (secondary N) is 1. The molecule has 122 valence electrons. The Morgan fingerprint density at radius 2 is 2.17 bits per heavy atom. The van der Waals surface area contributed by atoms with Crippen molar-refractivity contribution in [3.63, 3.8) is 0 Å². The van der Waals surface area contributed by atoms with E-state index < -0.39 is 15.9 Å². The molecule has 1 aromatic heterocycles. The largest absolute Gasteiger partial charge is 0.463 e. The molecule has 2 aromatic rings. The second-order valence-corrected chi connectivity index (χ2v) is 7.38. The van der Waals surface area contributed by atoms with Crippen molar-refractivity contribution in [3.8, 4) is 0 Å². The monoisotopic (exact) mass is 399 g/mol. The van der Waals surface area contributed by atoms with Crippen molar-refractivity contribution in [2.45, 2.75) is 0 Å². The van der Waals surface area contributed by atoms with Crippen LogP contribution in [-0.4, -0.2) is 33.3 Å². The van der Waals surface area contributed by atoms with Gasteiger partial charge in [0.05, 0.1) is 24.4 Å². The summed E-state index contributed by atoms with van der Waals surface area (Å²) in [5, 5.41) is 3.71. The SMILES string of the molecule is CS(=O)(=O)N(CC(=O)N/N=C/c1ccco1)c1cccc(Br)c1. The van der Waals surface area contributed by atoms with Crippen LogP contribution >= 0.6 is 15.9 Å². The van der Waals surface area contributed by atoms with Crippen LogP contribution in [0.2, 0.25) is 0 Å². The van der Waals surface area contributed by atoms with Gasteiger partial charge in [-0.05, 0) is 30.3 Å². The quantitative estimate of drug-likeness (QED) is 0.593. The van der Waals surface area contributed by atoms with Gasteiger partial charge in [-0.25, -0.2) is 13.8 Å². The number of amides is 1. The third-order valence-corrected chi connectivity index (χ3v) is 4.34. The molecule has 0 fully saturated rings. The summed E-state index contributed by atoms with van der Waals surface area (Å²) in [6.07, 6.45) is 3.83. The molecule has 0 atom stereocenters. The van der Waals surface area contributed by atoms with Crippen molar-refractivity contribution in [2.75, 3.05) is 17.1 Å². The van der Waals surface area contributed by atoms with Crippen LogP contribution in [0.5, 0.6) is 0 Å². The lowest BCUT2D eigenvalue weighted by Crippen LogP contribution is -2.39. The molecule has 1 amide bonds. The van der Waals surface area contributed by atoms with Crippen molar-refractivity contribution in [2.24, 2.45) is 5.10 Å². The van der Waals surface area contributed by atoms with Crippen LogP contribution in [-0.2, 0) is 14.8 Å². The Balaban J connectivity index is 2.08. The first-order valence-electron chi connectivity index (χ1n) is 6.45. The lowest BCUT2D eigenvalue weighted by molar-refractivity contribution is -0.119. The van der Waals surface area contributed by atoms with Gasteiger partial charge in [0.25, 0.3) is 5.91 Å². The van der Waals surface area contributed by atoms with Gasteiger partial charge in [-0.15, -0.1) is 0 Å². The van der Waals surface area contributed by atoms with E-state index in [2.05, 4.69) is 26.5 Å². The van der Waals surface area contributed by atoms with Gasteiger partial charge in [0.1, 0.15) is 12.3 Å². The van der Waals surface area contributed by atoms with Gasteiger partial charge >= 0.3 is 0 Å². The summed E-state index contributed by atoms with van der Waals surface area (Å²) < 4.78 is 30.6. The molecule has 0 bridgehead atoms. The van der Waals surface area contributed by atoms with Crippen LogP contribution < -0.4 is 9.73 Å². The number of hydrogen-bond donors (Lipinski definition) is 1. The molecule has 1 N–H and O–H groups in total. The van der Waals surface area contributed by atoms with Gasteiger partial charge in [0.2, 0.25) is 10.0 Å². The fourth-order valence-electron chi connectivity index (χ4n) is 1.73. The summed E-state index contributed by atoms with van der Waals surface area (Å²) in [5.41, 5.74) is 2.64. The minimum Gasteiger partial charge on any atom is -0.463 e. The lowest BCUT2D eigenvalue weighted by Gasteiger charge is -2.21. The maximum Gasteiger partial charge on any atom is 0.260 e. The molecule has 1 heterocycles. The van der Waals surface area contributed by atoms with Crippen molar-refractivity contribution in [1.82, 2.24) is 5.43 Å². The van der Waals surface area contributed by atoms with Gasteiger partial charge in [-0.1, -0.05) is 22.0 Å². The molecule has 2 rings (SSSR count). The number of carbonyl (C=O) groups is 1. The zero-order valence-corrected chi connectivity index (χ0v) is 14.5. The van der Waals surface area contributed by atoms with Crippen molar-refractivity contribution >= 4 is 43.8 Å². The lowest BCUT2D eigenvalue weighted by atomic mass is 10.3. The third kappa shape index (κ3) is 5.22. The Hall–Kier alpha value is -2.13. The van der Waals surface area contributed by atoms with Crippen molar-refractivity contribution in [1.29, 1.82) is 0 Å². The number of rotatable bonds is 6. The molecule has 0 saturated carbocycles. The average molecular weight is 400 g/mol. The topological polar surface area (TPSA) is 92.0 Å². The fraction of sp³-hybridized carbons (Fsp3) is 0.143. The highest BCUT2D eigenvalue weighted by atomic mass is 79.9. The molecule has 7 nitrogen and oxygen atoms in total. The number of sulfonamides is 1. The van der Waals surface area contributed by atoms with E-state index in [-0.39, 0.29) is 6.54 Å². The second kappa shape index (κ2) is 7.42. The van der Waals surface area contributed by atoms with E-state index in [1.54, 1.807) is 36.4 Å². The summed E-state index contributed by atoms with van der Waals surface area (Å²) in [6.45, 7) is -0.384. The van der Waals surface area contributed by atoms with E-state index in [0.717, 1.165) is 10.6 Å². The maximum atomic E-state index is 11.9. The van der Waals surface area contributed by atoms with Crippen LogP contribution in [0.1, 0.15) is 5.76 Å². The number of hydrazone groups is 1. The van der Waals surface area contributed by atoms with E-state index in [0.29, 0.717) is 15.9 Å². The van der Waals surface area contributed by atoms with Crippen LogP contribution in [0.4, 0.5) is 5.69 Å². The van der Waals surface area contributed by atoms with Crippen molar-refractivity contribution < 1.29 is 17.6 Å². The molecule has 0 aliphatic heterocycles. The molecule has 0 radical (unpaired) electrons. The number of benzene rings is 1. The molecular weight excluding hydrogens is 386 g/mol. The number of carbonyl (C=O) groups excluding carboxylic acids is 1. The molecule has 0 aliphatic carbocycles. The van der Waals surface area contributed by atoms with Crippen LogP contribution in [0.25, 0.3) is 0 Å². The summed E-state index contributed by atoms with van der Waals surface area (Å²) in [6, 6.07) is 10.0. The van der Waals surface area contributed by atoms with E-state index in [9.17, 15) is 13.2 Å². The highest BCUT2D eigenvalue weighted by molar-refractivity contribution is 9.10. The van der Waals surface area contributed by atoms with E-state index in [1.807, 2.05) is 0 Å². The molecule has 0 unspecified atom stereocenters. The minimum absolute atomic E-state index is 0.382. The predicted molar refractivity (Wildman–Crippen MR) is 90.8 cm³/mol. The zero-order chi connectivity index (χ0) is 16.9. The number of nitrogens with zero attached hydrogens (tertiary/aromatic N) is 2. The van der Waals surface area contributed by atoms with Crippen molar-refractivity contribution in [3.05, 3.63) is 52.9 Å². The Morgan fingerprint density at radius 3 is 2.78 bits per heavy atom. The zero-order valence-electron chi connectivity index (χ0n) is 12.1. The summed E-state index contributed by atoms with van der Waals surface area (Å²) in [7, 11) is -3.62. The van der Waals surface area contributed by atoms with Crippen LogP contribution in [0.15, 0.2) is 56.7 Å². The molecular formula is C14H14BrN3O4S. The second-order valence-electron chi connectivity index (χ2n) is 4.56. The summed E-state index contributed by atoms with van der Waals surface area (Å²) in [5.74, 6) is -0.101. The van der Waals surface area contributed by atoms with Gasteiger partial charge in [-0.2, -0.15) is 5.10 Å². The van der Waals surface area contributed by atoms with E-state index >= 15 is 0 Å². The fourth-order valence-corrected chi connectivity index (χ4v) is 2.97. The molecule has 0 aliphatic rings. The Morgan fingerprint density at radius 1 is 1.39 bits per heavy atom. The molecule has 0 spiro atoms. The first-order valence-corrected chi connectivity index (χ1v) is 9.09. The number of anilines is 1. The van der Waals surface area contributed by atoms with Gasteiger partial charge in [0.15, 0.2) is 0 Å². The van der Waals surface area contributed by atoms with Gasteiger partial charge in [-0.3, -0.25) is 9.10 Å². The molecule has 9 heteroatoms. The average Bonchev–Trinajstić information content (AvgIpc) is 2.97. The maximum absolute atomic E-state index is 11.9. The number of halogens is 1. The minimum atomic E-state index is -3.62. The smallest absolute Gasteiger partial charge is 0.260 e. The van der Waals surface area contributed by atoms with Crippen LogP contribution in [0.3, 0.4) is 0 Å². The first kappa shape index (κ1) is 17.2. The standard InChI is InChI=1S/C14H14BrN3O4S/c1-23(20,21)18(12-5-2-4-11(15)8-12)10-14(19)17-16-9-13-6-3-7-22-13/h2-9H,10H2,1H3,(H,17,19)/b16-9+. The van der Waals surface area contributed by atoms with Gasteiger partial charge in [0, 0.05) is 4.47 Å². The first-order chi connectivity index (χ1) is 10.9. The predicted octanol–water partition coefficient (Wildman–Crippen LogP) is 1.96. The third-order valence-electron chi connectivity index (χ3n) is 2.71. The van der Waals surface area contributed by atoms with E-state index in [4.69, 9.17) is 4.42 Å². The van der Waals surface area contributed by atoms with E-state index in [1.165, 1.54) is 12.5 Å². The Kier molecular flexibility index (Phi) is 5.56. The molecule has 23 heavy (non-hydrogen) atoms. The van der Waals surface area contributed by atoms with Crippen LogP contribution in [0, 0.1) is 0 Å². The normalized spacial score (nSPS) is 11.6. The van der Waals surface area contributed by atoms with Gasteiger partial charge < -0.3 is 4.42 Å². The summed E-state index contributed by atoms with van der Waals surface area (Å²) >= 11 is 3.27. The highest BCUT2D eigenvalue weighted by Crippen LogP contribution is 2.21. The number of hydrogen-bond acceptors (Lipinski definition) is 5. The molecule has 0 saturated heterocycles. The highest BCUT2D eigenvalue weighted by Gasteiger charge is 2.20.